The van der Waals surface area contributed by atoms with E-state index in [2.05, 4.69) is 10.6 Å². The van der Waals surface area contributed by atoms with E-state index in [4.69, 9.17) is 5.11 Å². The van der Waals surface area contributed by atoms with Crippen molar-refractivity contribution in [1.82, 2.24) is 15.5 Å². The second-order valence-corrected chi connectivity index (χ2v) is 4.48. The Labute approximate surface area is 110 Å². The summed E-state index contributed by atoms with van der Waals surface area (Å²) in [4.78, 5) is 46.0. The fourth-order valence-electron chi connectivity index (χ4n) is 1.59. The van der Waals surface area contributed by atoms with Gasteiger partial charge in [0.2, 0.25) is 5.91 Å². The molecule has 1 aliphatic rings. The van der Waals surface area contributed by atoms with Crippen LogP contribution in [-0.2, 0) is 14.4 Å². The number of nitrogens with one attached hydrogen (secondary N) is 2. The lowest BCUT2D eigenvalue weighted by molar-refractivity contribution is -0.148. The Bertz CT molecular complexity index is 409. The predicted molar refractivity (Wildman–Crippen MR) is 64.1 cm³/mol. The number of urea groups is 1. The molecule has 8 nitrogen and oxygen atoms in total. The predicted octanol–water partition coefficient (Wildman–Crippen LogP) is -0.846. The number of carboxylic acid groups (broad SMARTS) is 1. The second kappa shape index (κ2) is 6.17. The molecule has 0 aromatic heterocycles. The Hall–Kier alpha value is -2.12. The van der Waals surface area contributed by atoms with Crippen LogP contribution in [0.4, 0.5) is 4.79 Å². The number of likely N-dealkylation sites (N-methyl/N-ethyl adjacent to an activating group) is 1. The van der Waals surface area contributed by atoms with Crippen LogP contribution in [0.3, 0.4) is 0 Å². The molecule has 106 valence electrons. The molecule has 3 N–H and O–H groups in total. The highest BCUT2D eigenvalue weighted by Crippen LogP contribution is 2.11. The molecular weight excluding hydrogens is 254 g/mol. The van der Waals surface area contributed by atoms with E-state index in [9.17, 15) is 19.2 Å². The van der Waals surface area contributed by atoms with Gasteiger partial charge in [-0.1, -0.05) is 6.92 Å². The highest BCUT2D eigenvalue weighted by atomic mass is 16.4. The van der Waals surface area contributed by atoms with Crippen molar-refractivity contribution in [2.24, 2.45) is 5.92 Å². The third-order valence-corrected chi connectivity index (χ3v) is 2.95. The number of nitrogens with zero attached hydrogens (tertiary/aromatic N) is 1. The molecule has 0 bridgehead atoms. The van der Waals surface area contributed by atoms with Gasteiger partial charge in [0, 0.05) is 20.0 Å². The summed E-state index contributed by atoms with van der Waals surface area (Å²) < 4.78 is 0. The first kappa shape index (κ1) is 14.9. The van der Waals surface area contributed by atoms with E-state index in [0.717, 1.165) is 4.90 Å². The van der Waals surface area contributed by atoms with Crippen LogP contribution >= 0.6 is 0 Å². The first-order valence-corrected chi connectivity index (χ1v) is 5.90. The summed E-state index contributed by atoms with van der Waals surface area (Å²) in [6.07, 6.45) is 0.447. The number of piperidine rings is 1. The summed E-state index contributed by atoms with van der Waals surface area (Å²) in [5.41, 5.74) is 0. The summed E-state index contributed by atoms with van der Waals surface area (Å²) in [5.74, 6) is -2.46. The molecule has 0 spiro atoms. The average molecular weight is 271 g/mol. The van der Waals surface area contributed by atoms with Gasteiger partial charge < -0.3 is 15.7 Å². The minimum absolute atomic E-state index is 0.0309. The van der Waals surface area contributed by atoms with Crippen molar-refractivity contribution in [3.8, 4) is 0 Å². The largest absolute Gasteiger partial charge is 0.481 e. The molecule has 1 aliphatic heterocycles. The maximum atomic E-state index is 11.7. The average Bonchev–Trinajstić information content (AvgIpc) is 2.36. The molecule has 0 aromatic carbocycles. The zero-order valence-electron chi connectivity index (χ0n) is 10.8. The quantitative estimate of drug-likeness (QED) is 0.576. The van der Waals surface area contributed by atoms with Gasteiger partial charge in [0.15, 0.2) is 0 Å². The van der Waals surface area contributed by atoms with Crippen molar-refractivity contribution in [2.75, 3.05) is 13.6 Å². The first-order chi connectivity index (χ1) is 8.82. The smallest absolute Gasteiger partial charge is 0.315 e. The van der Waals surface area contributed by atoms with Crippen LogP contribution in [0.1, 0.15) is 19.8 Å². The van der Waals surface area contributed by atoms with Crippen LogP contribution in [-0.4, -0.2) is 53.5 Å². The van der Waals surface area contributed by atoms with Crippen LogP contribution in [0.5, 0.6) is 0 Å². The summed E-state index contributed by atoms with van der Waals surface area (Å²) >= 11 is 0. The number of carboxylic acids is 1. The minimum Gasteiger partial charge on any atom is -0.481 e. The summed E-state index contributed by atoms with van der Waals surface area (Å²) in [5, 5.41) is 13.5. The van der Waals surface area contributed by atoms with Crippen LogP contribution in [0.15, 0.2) is 0 Å². The fourth-order valence-corrected chi connectivity index (χ4v) is 1.59. The summed E-state index contributed by atoms with van der Waals surface area (Å²) in [6.45, 7) is 1.43. The Morgan fingerprint density at radius 2 is 2.11 bits per heavy atom. The third kappa shape index (κ3) is 3.94. The molecule has 0 radical (unpaired) electrons. The van der Waals surface area contributed by atoms with Gasteiger partial charge >= 0.3 is 12.0 Å². The van der Waals surface area contributed by atoms with Gasteiger partial charge in [0.05, 0.1) is 5.92 Å². The number of carbonyl (C=O) groups excluding carboxylic acids is 3. The summed E-state index contributed by atoms with van der Waals surface area (Å²) in [7, 11) is 1.36. The van der Waals surface area contributed by atoms with Crippen molar-refractivity contribution in [2.45, 2.75) is 25.8 Å². The van der Waals surface area contributed by atoms with Crippen LogP contribution < -0.4 is 10.6 Å². The van der Waals surface area contributed by atoms with Crippen molar-refractivity contribution in [3.63, 3.8) is 0 Å². The van der Waals surface area contributed by atoms with E-state index in [0.29, 0.717) is 0 Å². The molecule has 1 heterocycles. The molecule has 0 aromatic rings. The Morgan fingerprint density at radius 3 is 2.68 bits per heavy atom. The number of carbonyl (C=O) groups is 4. The van der Waals surface area contributed by atoms with Gasteiger partial charge in [0.1, 0.15) is 6.04 Å². The Balaban J connectivity index is 2.42. The number of hydrogen-bond donors (Lipinski definition) is 3. The van der Waals surface area contributed by atoms with Gasteiger partial charge in [-0.25, -0.2) is 4.79 Å². The van der Waals surface area contributed by atoms with Crippen molar-refractivity contribution < 1.29 is 24.3 Å². The van der Waals surface area contributed by atoms with Gasteiger partial charge in [0.25, 0.3) is 5.91 Å². The van der Waals surface area contributed by atoms with E-state index >= 15 is 0 Å². The lowest BCUT2D eigenvalue weighted by atomic mass is 10.1. The SMILES string of the molecule is CC(CNC(=O)NC1CCC(=O)N(C)C1=O)C(=O)O. The third-order valence-electron chi connectivity index (χ3n) is 2.95. The number of amides is 4. The molecule has 1 saturated heterocycles. The highest BCUT2D eigenvalue weighted by Gasteiger charge is 2.32. The van der Waals surface area contributed by atoms with Gasteiger partial charge in [-0.3, -0.25) is 19.3 Å². The molecule has 8 heteroatoms. The number of imide groups is 1. The number of hydrogen-bond acceptors (Lipinski definition) is 4. The van der Waals surface area contributed by atoms with Crippen molar-refractivity contribution in [3.05, 3.63) is 0 Å². The highest BCUT2D eigenvalue weighted by molar-refractivity contribution is 6.01. The maximum absolute atomic E-state index is 11.7. The van der Waals surface area contributed by atoms with E-state index in [-0.39, 0.29) is 25.3 Å². The second-order valence-electron chi connectivity index (χ2n) is 4.48. The molecule has 19 heavy (non-hydrogen) atoms. The van der Waals surface area contributed by atoms with Gasteiger partial charge in [-0.05, 0) is 6.42 Å². The molecular formula is C11H17N3O5. The molecule has 0 aliphatic carbocycles. The first-order valence-electron chi connectivity index (χ1n) is 5.90. The lowest BCUT2D eigenvalue weighted by Gasteiger charge is -2.28. The molecule has 2 unspecified atom stereocenters. The normalized spacial score (nSPS) is 20.9. The van der Waals surface area contributed by atoms with E-state index < -0.39 is 29.9 Å². The van der Waals surface area contributed by atoms with Gasteiger partial charge in [-0.2, -0.15) is 0 Å². The lowest BCUT2D eigenvalue weighted by Crippen LogP contribution is -2.55. The van der Waals surface area contributed by atoms with E-state index in [1.165, 1.54) is 14.0 Å². The topological polar surface area (TPSA) is 116 Å². The number of aliphatic carboxylic acids is 1. The summed E-state index contributed by atoms with van der Waals surface area (Å²) in [6, 6.07) is -1.36. The Kier molecular flexibility index (Phi) is 4.85. The molecule has 1 fully saturated rings. The van der Waals surface area contributed by atoms with Crippen molar-refractivity contribution >= 4 is 23.8 Å². The van der Waals surface area contributed by atoms with Gasteiger partial charge in [-0.15, -0.1) is 0 Å². The zero-order chi connectivity index (χ0) is 14.6. The number of likely N-dealkylation sites (tertiary alicyclic amines) is 1. The van der Waals surface area contributed by atoms with Crippen LogP contribution in [0.25, 0.3) is 0 Å². The zero-order valence-corrected chi connectivity index (χ0v) is 10.8. The van der Waals surface area contributed by atoms with Crippen LogP contribution in [0, 0.1) is 5.92 Å². The fraction of sp³-hybridized carbons (Fsp3) is 0.636. The number of rotatable bonds is 4. The molecule has 0 saturated carbocycles. The molecule has 1 rings (SSSR count). The van der Waals surface area contributed by atoms with E-state index in [1.54, 1.807) is 0 Å². The molecule has 4 amide bonds. The standard InChI is InChI=1S/C11H17N3O5/c1-6(10(17)18)5-12-11(19)13-7-3-4-8(15)14(2)9(7)16/h6-7H,3-5H2,1-2H3,(H,17,18)(H2,12,13,19). The van der Waals surface area contributed by atoms with Crippen molar-refractivity contribution in [1.29, 1.82) is 0 Å². The van der Waals surface area contributed by atoms with E-state index in [1.807, 2.05) is 0 Å². The minimum atomic E-state index is -1.01. The molecule has 2 atom stereocenters. The monoisotopic (exact) mass is 271 g/mol. The Morgan fingerprint density at radius 1 is 1.47 bits per heavy atom. The maximum Gasteiger partial charge on any atom is 0.315 e. The van der Waals surface area contributed by atoms with Crippen LogP contribution in [0.2, 0.25) is 0 Å².